The van der Waals surface area contributed by atoms with Gasteiger partial charge >= 0.3 is 0 Å². The Labute approximate surface area is 102 Å². The van der Waals surface area contributed by atoms with Crippen molar-refractivity contribution in [1.29, 1.82) is 0 Å². The molecule has 92 valence electrons. The van der Waals surface area contributed by atoms with Gasteiger partial charge in [-0.25, -0.2) is 14.3 Å². The first kappa shape index (κ1) is 10.6. The van der Waals surface area contributed by atoms with Gasteiger partial charge in [-0.2, -0.15) is 20.1 Å². The van der Waals surface area contributed by atoms with Gasteiger partial charge in [0.15, 0.2) is 0 Å². The molecule has 0 bridgehead atoms. The summed E-state index contributed by atoms with van der Waals surface area (Å²) in [6.45, 7) is 1.11. The van der Waals surface area contributed by atoms with Crippen molar-refractivity contribution < 1.29 is 0 Å². The molecule has 0 atom stereocenters. The van der Waals surface area contributed by atoms with Crippen LogP contribution in [0, 0.1) is 0 Å². The number of hydrogen-bond acceptors (Lipinski definition) is 6. The molecule has 9 nitrogen and oxygen atoms in total. The first-order valence-corrected chi connectivity index (χ1v) is 5.36. The van der Waals surface area contributed by atoms with Crippen LogP contribution in [0.15, 0.2) is 25.0 Å². The third-order valence-electron chi connectivity index (χ3n) is 2.35. The maximum atomic E-state index is 4.18. The average Bonchev–Trinajstić information content (AvgIpc) is 3.04. The van der Waals surface area contributed by atoms with Crippen LogP contribution in [0.3, 0.4) is 0 Å². The van der Waals surface area contributed by atoms with E-state index in [0.717, 1.165) is 11.4 Å². The van der Waals surface area contributed by atoms with Crippen molar-refractivity contribution in [3.8, 4) is 0 Å². The molecule has 3 aromatic heterocycles. The monoisotopic (exact) mass is 245 g/mol. The summed E-state index contributed by atoms with van der Waals surface area (Å²) in [5, 5.41) is 20.3. The Morgan fingerprint density at radius 3 is 2.72 bits per heavy atom. The molecule has 0 aliphatic rings. The molecule has 0 unspecified atom stereocenters. The molecule has 0 fully saturated rings. The summed E-state index contributed by atoms with van der Waals surface area (Å²) < 4.78 is 3.41. The summed E-state index contributed by atoms with van der Waals surface area (Å²) in [4.78, 5) is 5.39. The predicted octanol–water partition coefficient (Wildman–Crippen LogP) is -0.905. The van der Waals surface area contributed by atoms with E-state index in [1.807, 2.05) is 6.20 Å². The highest BCUT2D eigenvalue weighted by Crippen LogP contribution is 1.99. The molecule has 0 radical (unpaired) electrons. The highest BCUT2D eigenvalue weighted by molar-refractivity contribution is 4.97. The van der Waals surface area contributed by atoms with Crippen LogP contribution in [-0.2, 0) is 20.1 Å². The average molecular weight is 245 g/mol. The Bertz CT molecular complexity index is 620. The fraction of sp³-hybridized carbons (Fsp3) is 0.333. The second-order valence-electron chi connectivity index (χ2n) is 3.83. The topological polar surface area (TPSA) is 92.1 Å². The molecule has 0 N–H and O–H groups in total. The minimum atomic E-state index is 0.554. The van der Waals surface area contributed by atoms with Gasteiger partial charge in [0.25, 0.3) is 0 Å². The zero-order valence-corrected chi connectivity index (χ0v) is 9.75. The molecular formula is C9H11N9. The number of rotatable bonds is 4. The molecule has 3 heterocycles. The summed E-state index contributed by atoms with van der Waals surface area (Å²) in [5.74, 6) is 0. The van der Waals surface area contributed by atoms with E-state index in [1.165, 1.54) is 11.1 Å². The normalized spacial score (nSPS) is 10.9. The fourth-order valence-corrected chi connectivity index (χ4v) is 1.59. The fourth-order valence-electron chi connectivity index (χ4n) is 1.59. The molecule has 9 heteroatoms. The van der Waals surface area contributed by atoms with Crippen molar-refractivity contribution >= 4 is 0 Å². The van der Waals surface area contributed by atoms with Gasteiger partial charge in [0.1, 0.15) is 24.0 Å². The molecule has 0 aliphatic carbocycles. The second-order valence-corrected chi connectivity index (χ2v) is 3.83. The third kappa shape index (κ3) is 2.24. The van der Waals surface area contributed by atoms with Crippen LogP contribution in [0.5, 0.6) is 0 Å². The van der Waals surface area contributed by atoms with Crippen LogP contribution in [-0.4, -0.2) is 44.8 Å². The summed E-state index contributed by atoms with van der Waals surface area (Å²) in [5.41, 5.74) is 1.67. The van der Waals surface area contributed by atoms with E-state index in [1.54, 1.807) is 28.9 Å². The van der Waals surface area contributed by atoms with Gasteiger partial charge in [0, 0.05) is 7.05 Å². The van der Waals surface area contributed by atoms with Crippen LogP contribution >= 0.6 is 0 Å². The highest BCUT2D eigenvalue weighted by Gasteiger charge is 2.04. The van der Waals surface area contributed by atoms with Gasteiger partial charge in [0.2, 0.25) is 0 Å². The zero-order chi connectivity index (χ0) is 12.4. The van der Waals surface area contributed by atoms with E-state index >= 15 is 0 Å². The standard InChI is InChI=1S/C9H11N9/c1-16-11-2-8(14-16)3-17-4-9(13-15-17)5-18-7-10-6-12-18/h2,4,6-7H,3,5H2,1H3. The molecule has 3 rings (SSSR count). The van der Waals surface area contributed by atoms with E-state index in [2.05, 4.69) is 30.6 Å². The van der Waals surface area contributed by atoms with E-state index in [-0.39, 0.29) is 0 Å². The number of nitrogens with zero attached hydrogens (tertiary/aromatic N) is 9. The molecule has 3 aromatic rings. The molecule has 0 aliphatic heterocycles. The Hall–Kier alpha value is -2.58. The van der Waals surface area contributed by atoms with Crippen LogP contribution < -0.4 is 0 Å². The molecular weight excluding hydrogens is 234 g/mol. The van der Waals surface area contributed by atoms with Crippen molar-refractivity contribution in [2.45, 2.75) is 13.1 Å². The number of hydrogen-bond donors (Lipinski definition) is 0. The molecule has 0 saturated carbocycles. The Morgan fingerprint density at radius 2 is 2.00 bits per heavy atom. The zero-order valence-electron chi connectivity index (χ0n) is 9.75. The summed E-state index contributed by atoms with van der Waals surface area (Å²) in [6, 6.07) is 0. The number of aryl methyl sites for hydroxylation is 1. The Morgan fingerprint density at radius 1 is 1.11 bits per heavy atom. The molecule has 18 heavy (non-hydrogen) atoms. The van der Waals surface area contributed by atoms with Crippen LogP contribution in [0.25, 0.3) is 0 Å². The predicted molar refractivity (Wildman–Crippen MR) is 59.3 cm³/mol. The first-order chi connectivity index (χ1) is 8.79. The largest absolute Gasteiger partial charge is 0.247 e. The van der Waals surface area contributed by atoms with Crippen LogP contribution in [0.2, 0.25) is 0 Å². The quantitative estimate of drug-likeness (QED) is 0.591. The van der Waals surface area contributed by atoms with E-state index in [0.29, 0.717) is 13.1 Å². The minimum absolute atomic E-state index is 0.554. The Balaban J connectivity index is 1.69. The first-order valence-electron chi connectivity index (χ1n) is 5.36. The van der Waals surface area contributed by atoms with Gasteiger partial charge < -0.3 is 0 Å². The molecule has 0 amide bonds. The molecule has 0 aromatic carbocycles. The van der Waals surface area contributed by atoms with E-state index in [4.69, 9.17) is 0 Å². The maximum absolute atomic E-state index is 4.18. The molecule has 0 spiro atoms. The van der Waals surface area contributed by atoms with Crippen molar-refractivity contribution in [3.05, 3.63) is 36.4 Å². The van der Waals surface area contributed by atoms with Crippen molar-refractivity contribution in [2.24, 2.45) is 7.05 Å². The lowest BCUT2D eigenvalue weighted by molar-refractivity contribution is 0.607. The maximum Gasteiger partial charge on any atom is 0.137 e. The van der Waals surface area contributed by atoms with Crippen molar-refractivity contribution in [2.75, 3.05) is 0 Å². The summed E-state index contributed by atoms with van der Waals surface area (Å²) in [7, 11) is 1.78. The second kappa shape index (κ2) is 4.35. The Kier molecular flexibility index (Phi) is 2.56. The van der Waals surface area contributed by atoms with Crippen molar-refractivity contribution in [1.82, 2.24) is 44.8 Å². The van der Waals surface area contributed by atoms with Gasteiger partial charge in [0.05, 0.1) is 25.5 Å². The molecule has 0 saturated heterocycles. The lowest BCUT2D eigenvalue weighted by atomic mass is 10.4. The van der Waals surface area contributed by atoms with Gasteiger partial charge in [-0.15, -0.1) is 5.10 Å². The van der Waals surface area contributed by atoms with E-state index in [9.17, 15) is 0 Å². The minimum Gasteiger partial charge on any atom is -0.247 e. The summed E-state index contributed by atoms with van der Waals surface area (Å²) in [6.07, 6.45) is 6.70. The SMILES string of the molecule is Cn1ncc(Cn2cc(Cn3cncn3)nn2)n1. The highest BCUT2D eigenvalue weighted by atomic mass is 15.5. The summed E-state index contributed by atoms with van der Waals surface area (Å²) >= 11 is 0. The van der Waals surface area contributed by atoms with Gasteiger partial charge in [-0.3, -0.25) is 0 Å². The van der Waals surface area contributed by atoms with Crippen LogP contribution in [0.4, 0.5) is 0 Å². The smallest absolute Gasteiger partial charge is 0.137 e. The third-order valence-corrected chi connectivity index (χ3v) is 2.35. The lowest BCUT2D eigenvalue weighted by Crippen LogP contribution is -2.02. The van der Waals surface area contributed by atoms with Crippen LogP contribution in [0.1, 0.15) is 11.4 Å². The number of aromatic nitrogens is 9. The van der Waals surface area contributed by atoms with Gasteiger partial charge in [-0.1, -0.05) is 5.21 Å². The van der Waals surface area contributed by atoms with Crippen molar-refractivity contribution in [3.63, 3.8) is 0 Å². The van der Waals surface area contributed by atoms with Gasteiger partial charge in [-0.05, 0) is 0 Å². The van der Waals surface area contributed by atoms with E-state index < -0.39 is 0 Å². The lowest BCUT2D eigenvalue weighted by Gasteiger charge is -1.95.